The fraction of sp³-hybridized carbons (Fsp3) is 0.360. The highest BCUT2D eigenvalue weighted by molar-refractivity contribution is 7.99. The Kier molecular flexibility index (Phi) is 6.95. The number of ether oxygens (including phenoxy) is 1. The van der Waals surface area contributed by atoms with E-state index in [2.05, 4.69) is 51.4 Å². The van der Waals surface area contributed by atoms with Gasteiger partial charge in [-0.1, -0.05) is 30.0 Å². The van der Waals surface area contributed by atoms with Gasteiger partial charge in [0.15, 0.2) is 11.0 Å². The van der Waals surface area contributed by atoms with Gasteiger partial charge in [0, 0.05) is 31.9 Å². The van der Waals surface area contributed by atoms with Crippen LogP contribution in [0.5, 0.6) is 0 Å². The molecule has 1 N–H and O–H groups in total. The number of carbonyl (C=O) groups excluding carboxylic acids is 2. The van der Waals surface area contributed by atoms with Crippen LogP contribution in [0.4, 0.5) is 5.00 Å². The van der Waals surface area contributed by atoms with E-state index in [-0.39, 0.29) is 23.7 Å². The molecule has 1 amide bonds. The molecule has 5 rings (SSSR count). The van der Waals surface area contributed by atoms with Crippen molar-refractivity contribution in [3.8, 4) is 11.4 Å². The number of rotatable bonds is 7. The number of thioether (sulfide) groups is 1. The smallest absolute Gasteiger partial charge is 0.341 e. The van der Waals surface area contributed by atoms with Gasteiger partial charge in [0.1, 0.15) is 5.00 Å². The molecular weight excluding hydrogens is 501 g/mol. The second-order valence-corrected chi connectivity index (χ2v) is 11.6. The number of aromatic nitrogens is 3. The Morgan fingerprint density at radius 1 is 1.20 bits per heavy atom. The maximum Gasteiger partial charge on any atom is 0.341 e. The lowest BCUT2D eigenvalue weighted by Crippen LogP contribution is -2.17. The summed E-state index contributed by atoms with van der Waals surface area (Å²) in [7, 11) is 1.38. The Balaban J connectivity index is 1.36. The van der Waals surface area contributed by atoms with Crippen molar-refractivity contribution in [1.82, 2.24) is 14.8 Å². The number of aryl methyl sites for hydroxylation is 1. The SMILES string of the molecule is COC(=O)c1c(NC(=O)CSc2nnc(-c3csc4ccccc34)n2C(C)C)sc2c1CCCC2. The highest BCUT2D eigenvalue weighted by Crippen LogP contribution is 2.39. The van der Waals surface area contributed by atoms with Crippen molar-refractivity contribution in [2.45, 2.75) is 50.7 Å². The molecule has 4 aromatic rings. The molecule has 35 heavy (non-hydrogen) atoms. The van der Waals surface area contributed by atoms with Gasteiger partial charge >= 0.3 is 5.97 Å². The predicted octanol–water partition coefficient (Wildman–Crippen LogP) is 6.20. The molecular formula is C25H26N4O3S3. The van der Waals surface area contributed by atoms with E-state index < -0.39 is 0 Å². The van der Waals surface area contributed by atoms with E-state index in [1.54, 1.807) is 11.3 Å². The summed E-state index contributed by atoms with van der Waals surface area (Å²) >= 11 is 4.53. The van der Waals surface area contributed by atoms with Crippen LogP contribution < -0.4 is 5.32 Å². The molecule has 3 heterocycles. The van der Waals surface area contributed by atoms with Crippen molar-refractivity contribution in [2.75, 3.05) is 18.2 Å². The molecule has 1 aliphatic rings. The van der Waals surface area contributed by atoms with Crippen molar-refractivity contribution < 1.29 is 14.3 Å². The van der Waals surface area contributed by atoms with E-state index in [1.165, 1.54) is 39.8 Å². The first kappa shape index (κ1) is 24.0. The minimum Gasteiger partial charge on any atom is -0.465 e. The third-order valence-electron chi connectivity index (χ3n) is 6.05. The number of thiophene rings is 2. The summed E-state index contributed by atoms with van der Waals surface area (Å²) in [5, 5.41) is 16.4. The first-order chi connectivity index (χ1) is 17.0. The first-order valence-electron chi connectivity index (χ1n) is 11.5. The lowest BCUT2D eigenvalue weighted by atomic mass is 9.95. The van der Waals surface area contributed by atoms with Crippen molar-refractivity contribution in [3.63, 3.8) is 0 Å². The third-order valence-corrected chi connectivity index (χ3v) is 9.16. The minimum atomic E-state index is -0.389. The number of hydrogen-bond donors (Lipinski definition) is 1. The van der Waals surface area contributed by atoms with Crippen molar-refractivity contribution >= 4 is 61.4 Å². The summed E-state index contributed by atoms with van der Waals surface area (Å²) in [6, 6.07) is 8.38. The molecule has 7 nitrogen and oxygen atoms in total. The van der Waals surface area contributed by atoms with Gasteiger partial charge in [-0.25, -0.2) is 4.79 Å². The summed E-state index contributed by atoms with van der Waals surface area (Å²) in [6.07, 6.45) is 3.93. The average Bonchev–Trinajstić information content (AvgIpc) is 3.56. The van der Waals surface area contributed by atoms with Crippen LogP contribution in [0.25, 0.3) is 21.5 Å². The van der Waals surface area contributed by atoms with Gasteiger partial charge in [0.25, 0.3) is 0 Å². The van der Waals surface area contributed by atoms with Gasteiger partial charge in [-0.15, -0.1) is 32.9 Å². The standard InChI is InChI=1S/C25H26N4O3S3/c1-14(2)29-22(17-12-33-18-10-6-4-8-15(17)18)27-28-25(29)34-13-20(30)26-23-21(24(31)32-3)16-9-5-7-11-19(16)35-23/h4,6,8,10,12,14H,5,7,9,11,13H2,1-3H3,(H,26,30). The third kappa shape index (κ3) is 4.62. The lowest BCUT2D eigenvalue weighted by Gasteiger charge is -2.13. The minimum absolute atomic E-state index is 0.124. The fourth-order valence-corrected chi connectivity index (χ4v) is 7.54. The van der Waals surface area contributed by atoms with Crippen LogP contribution in [0.15, 0.2) is 34.8 Å². The van der Waals surface area contributed by atoms with Crippen LogP contribution in [-0.4, -0.2) is 39.5 Å². The molecule has 1 aliphatic carbocycles. The van der Waals surface area contributed by atoms with E-state index in [0.29, 0.717) is 15.7 Å². The number of esters is 1. The van der Waals surface area contributed by atoms with Crippen molar-refractivity contribution in [1.29, 1.82) is 0 Å². The maximum absolute atomic E-state index is 12.9. The fourth-order valence-electron chi connectivity index (χ4n) is 4.44. The number of anilines is 1. The van der Waals surface area contributed by atoms with Gasteiger partial charge in [-0.2, -0.15) is 0 Å². The van der Waals surface area contributed by atoms with Gasteiger partial charge < -0.3 is 10.1 Å². The van der Waals surface area contributed by atoms with E-state index in [9.17, 15) is 9.59 Å². The van der Waals surface area contributed by atoms with Gasteiger partial charge in [-0.05, 0) is 51.2 Å². The first-order valence-corrected chi connectivity index (χ1v) is 14.2. The molecule has 0 atom stereocenters. The molecule has 0 aliphatic heterocycles. The molecule has 3 aromatic heterocycles. The number of nitrogens with zero attached hydrogens (tertiary/aromatic N) is 3. The molecule has 1 aromatic carbocycles. The van der Waals surface area contributed by atoms with E-state index >= 15 is 0 Å². The summed E-state index contributed by atoms with van der Waals surface area (Å²) in [5.41, 5.74) is 2.60. The van der Waals surface area contributed by atoms with Gasteiger partial charge in [-0.3, -0.25) is 9.36 Å². The molecule has 0 radical (unpaired) electrons. The molecule has 0 saturated carbocycles. The van der Waals surface area contributed by atoms with Gasteiger partial charge in [0.2, 0.25) is 5.91 Å². The van der Waals surface area contributed by atoms with E-state index in [0.717, 1.165) is 48.0 Å². The Labute approximate surface area is 215 Å². The van der Waals surface area contributed by atoms with E-state index in [1.807, 2.05) is 12.1 Å². The Bertz CT molecular complexity index is 1400. The van der Waals surface area contributed by atoms with Crippen molar-refractivity contribution in [3.05, 3.63) is 45.6 Å². The monoisotopic (exact) mass is 526 g/mol. The van der Waals surface area contributed by atoms with Crippen LogP contribution >= 0.6 is 34.4 Å². The molecule has 0 fully saturated rings. The second-order valence-electron chi connectivity index (χ2n) is 8.66. The number of methoxy groups -OCH3 is 1. The van der Waals surface area contributed by atoms with Crippen LogP contribution in [-0.2, 0) is 22.4 Å². The number of carbonyl (C=O) groups is 2. The summed E-state index contributed by atoms with van der Waals surface area (Å²) in [5.74, 6) is 0.400. The maximum atomic E-state index is 12.9. The normalized spacial score (nSPS) is 13.3. The van der Waals surface area contributed by atoms with Crippen molar-refractivity contribution in [2.24, 2.45) is 0 Å². The largest absolute Gasteiger partial charge is 0.465 e. The molecule has 0 unspecified atom stereocenters. The van der Waals surface area contributed by atoms with Crippen LogP contribution in [0.2, 0.25) is 0 Å². The summed E-state index contributed by atoms with van der Waals surface area (Å²) < 4.78 is 8.30. The van der Waals surface area contributed by atoms with Crippen LogP contribution in [0, 0.1) is 0 Å². The Morgan fingerprint density at radius 3 is 2.80 bits per heavy atom. The summed E-state index contributed by atoms with van der Waals surface area (Å²) in [6.45, 7) is 4.18. The number of nitrogens with one attached hydrogen (secondary N) is 1. The van der Waals surface area contributed by atoms with Crippen LogP contribution in [0.3, 0.4) is 0 Å². The average molecular weight is 527 g/mol. The number of hydrogen-bond acceptors (Lipinski definition) is 8. The highest BCUT2D eigenvalue weighted by Gasteiger charge is 2.27. The molecule has 0 spiro atoms. The summed E-state index contributed by atoms with van der Waals surface area (Å²) in [4.78, 5) is 26.6. The topological polar surface area (TPSA) is 86.1 Å². The molecule has 10 heteroatoms. The Morgan fingerprint density at radius 2 is 2.00 bits per heavy atom. The Hall–Kier alpha value is -2.69. The molecule has 182 valence electrons. The number of benzene rings is 1. The second kappa shape index (κ2) is 10.1. The van der Waals surface area contributed by atoms with E-state index in [4.69, 9.17) is 4.74 Å². The number of amides is 1. The highest BCUT2D eigenvalue weighted by atomic mass is 32.2. The lowest BCUT2D eigenvalue weighted by molar-refractivity contribution is -0.113. The number of fused-ring (bicyclic) bond motifs is 2. The zero-order chi connectivity index (χ0) is 24.5. The zero-order valence-electron chi connectivity index (χ0n) is 19.8. The molecule has 0 saturated heterocycles. The predicted molar refractivity (Wildman–Crippen MR) is 143 cm³/mol. The van der Waals surface area contributed by atoms with Crippen LogP contribution in [0.1, 0.15) is 53.5 Å². The molecule has 0 bridgehead atoms. The quantitative estimate of drug-likeness (QED) is 0.228. The van der Waals surface area contributed by atoms with Gasteiger partial charge in [0.05, 0.1) is 18.4 Å². The zero-order valence-corrected chi connectivity index (χ0v) is 22.2.